The first kappa shape index (κ1) is 11.1. The summed E-state index contributed by atoms with van der Waals surface area (Å²) in [5, 5.41) is 8.65. The summed E-state index contributed by atoms with van der Waals surface area (Å²) in [4.78, 5) is 4.17. The normalized spacial score (nSPS) is 10.4. The Morgan fingerprint density at radius 1 is 1.06 bits per heavy atom. The van der Waals surface area contributed by atoms with Crippen LogP contribution in [-0.2, 0) is 0 Å². The topological polar surface area (TPSA) is 36.7 Å². The summed E-state index contributed by atoms with van der Waals surface area (Å²) < 4.78 is 0. The Labute approximate surface area is 101 Å². The van der Waals surface area contributed by atoms with Crippen molar-refractivity contribution in [1.29, 1.82) is 5.26 Å². The summed E-state index contributed by atoms with van der Waals surface area (Å²) >= 11 is 0. The Morgan fingerprint density at radius 2 is 1.82 bits per heavy atom. The van der Waals surface area contributed by atoms with E-state index in [9.17, 15) is 0 Å². The standard InChI is InChI=1S/C15H12N2/c1-12-2-4-13(5-3-12)6-8-15-9-7-14(10-16)11-17-15/h2-9,11H,1H3/b8-6-. The zero-order valence-electron chi connectivity index (χ0n) is 9.59. The van der Waals surface area contributed by atoms with Crippen LogP contribution in [0.2, 0.25) is 0 Å². The van der Waals surface area contributed by atoms with E-state index in [1.165, 1.54) is 5.56 Å². The van der Waals surface area contributed by atoms with Gasteiger partial charge in [-0.3, -0.25) is 4.98 Å². The second-order valence-electron chi connectivity index (χ2n) is 3.83. The van der Waals surface area contributed by atoms with E-state index in [2.05, 4.69) is 36.2 Å². The molecule has 2 heteroatoms. The van der Waals surface area contributed by atoms with Crippen molar-refractivity contribution in [2.45, 2.75) is 6.92 Å². The molecule has 82 valence electrons. The van der Waals surface area contributed by atoms with Crippen LogP contribution in [0, 0.1) is 18.3 Å². The summed E-state index contributed by atoms with van der Waals surface area (Å²) in [7, 11) is 0. The molecule has 0 bridgehead atoms. The molecule has 0 radical (unpaired) electrons. The molecule has 0 spiro atoms. The molecule has 17 heavy (non-hydrogen) atoms. The molecule has 1 heterocycles. The Balaban J connectivity index is 2.14. The third-order valence-electron chi connectivity index (χ3n) is 2.44. The van der Waals surface area contributed by atoms with Crippen LogP contribution in [0.25, 0.3) is 12.2 Å². The van der Waals surface area contributed by atoms with Gasteiger partial charge in [0.2, 0.25) is 0 Å². The fourth-order valence-corrected chi connectivity index (χ4v) is 1.43. The molecule has 0 N–H and O–H groups in total. The van der Waals surface area contributed by atoms with Gasteiger partial charge < -0.3 is 0 Å². The highest BCUT2D eigenvalue weighted by molar-refractivity contribution is 5.68. The van der Waals surface area contributed by atoms with Crippen molar-refractivity contribution in [3.05, 3.63) is 65.0 Å². The van der Waals surface area contributed by atoms with Crippen molar-refractivity contribution in [1.82, 2.24) is 4.98 Å². The van der Waals surface area contributed by atoms with Gasteiger partial charge >= 0.3 is 0 Å². The average molecular weight is 220 g/mol. The van der Waals surface area contributed by atoms with Gasteiger partial charge in [-0.05, 0) is 30.7 Å². The lowest BCUT2D eigenvalue weighted by Crippen LogP contribution is -1.81. The van der Waals surface area contributed by atoms with Gasteiger partial charge in [0.15, 0.2) is 0 Å². The van der Waals surface area contributed by atoms with E-state index in [1.54, 1.807) is 12.3 Å². The Kier molecular flexibility index (Phi) is 3.32. The molecule has 2 rings (SSSR count). The van der Waals surface area contributed by atoms with Gasteiger partial charge in [-0.15, -0.1) is 0 Å². The molecule has 0 saturated carbocycles. The lowest BCUT2D eigenvalue weighted by atomic mass is 10.1. The van der Waals surface area contributed by atoms with Gasteiger partial charge in [-0.1, -0.05) is 35.9 Å². The number of benzene rings is 1. The summed E-state index contributed by atoms with van der Waals surface area (Å²) in [6.07, 6.45) is 5.52. The number of pyridine rings is 1. The van der Waals surface area contributed by atoms with Crippen molar-refractivity contribution in [2.75, 3.05) is 0 Å². The van der Waals surface area contributed by atoms with Gasteiger partial charge in [-0.2, -0.15) is 5.26 Å². The molecule has 0 fully saturated rings. The van der Waals surface area contributed by atoms with Crippen molar-refractivity contribution < 1.29 is 0 Å². The van der Waals surface area contributed by atoms with E-state index in [4.69, 9.17) is 5.26 Å². The molecule has 0 atom stereocenters. The van der Waals surface area contributed by atoms with Crippen molar-refractivity contribution in [3.63, 3.8) is 0 Å². The first-order valence-corrected chi connectivity index (χ1v) is 5.39. The van der Waals surface area contributed by atoms with Gasteiger partial charge in [0.25, 0.3) is 0 Å². The first-order chi connectivity index (χ1) is 8.28. The molecule has 0 saturated heterocycles. The van der Waals surface area contributed by atoms with Crippen molar-refractivity contribution in [3.8, 4) is 6.07 Å². The summed E-state index contributed by atoms with van der Waals surface area (Å²) in [6.45, 7) is 2.07. The maximum Gasteiger partial charge on any atom is 0.101 e. The smallest absolute Gasteiger partial charge is 0.101 e. The van der Waals surface area contributed by atoms with Gasteiger partial charge in [0.1, 0.15) is 6.07 Å². The third-order valence-corrected chi connectivity index (χ3v) is 2.44. The molecular formula is C15H12N2. The van der Waals surface area contributed by atoms with Crippen LogP contribution in [0.4, 0.5) is 0 Å². The highest BCUT2D eigenvalue weighted by Gasteiger charge is 1.91. The molecule has 0 aliphatic heterocycles. The molecule has 1 aromatic carbocycles. The zero-order chi connectivity index (χ0) is 12.1. The number of rotatable bonds is 2. The fourth-order valence-electron chi connectivity index (χ4n) is 1.43. The monoisotopic (exact) mass is 220 g/mol. The molecule has 2 aromatic rings. The molecule has 1 aromatic heterocycles. The molecule has 0 amide bonds. The Hall–Kier alpha value is -2.40. The Morgan fingerprint density at radius 3 is 2.41 bits per heavy atom. The van der Waals surface area contributed by atoms with Crippen LogP contribution in [-0.4, -0.2) is 4.98 Å². The van der Waals surface area contributed by atoms with E-state index in [-0.39, 0.29) is 0 Å². The quantitative estimate of drug-likeness (QED) is 0.777. The summed E-state index contributed by atoms with van der Waals surface area (Å²) in [6, 6.07) is 13.9. The SMILES string of the molecule is Cc1ccc(/C=C\c2ccc(C#N)cn2)cc1. The molecule has 0 aliphatic carbocycles. The highest BCUT2D eigenvalue weighted by Crippen LogP contribution is 2.08. The average Bonchev–Trinajstić information content (AvgIpc) is 2.39. The number of aryl methyl sites for hydroxylation is 1. The second kappa shape index (κ2) is 5.09. The van der Waals surface area contributed by atoms with Crippen LogP contribution >= 0.6 is 0 Å². The van der Waals surface area contributed by atoms with E-state index in [0.717, 1.165) is 11.3 Å². The zero-order valence-corrected chi connectivity index (χ0v) is 9.59. The molecular weight excluding hydrogens is 208 g/mol. The van der Waals surface area contributed by atoms with Crippen LogP contribution in [0.15, 0.2) is 42.6 Å². The number of nitrogens with zero attached hydrogens (tertiary/aromatic N) is 2. The minimum absolute atomic E-state index is 0.581. The molecule has 0 unspecified atom stereocenters. The largest absolute Gasteiger partial charge is 0.256 e. The van der Waals surface area contributed by atoms with Crippen LogP contribution < -0.4 is 0 Å². The van der Waals surface area contributed by atoms with Crippen LogP contribution in [0.3, 0.4) is 0 Å². The number of hydrogen-bond acceptors (Lipinski definition) is 2. The van der Waals surface area contributed by atoms with Gasteiger partial charge in [-0.25, -0.2) is 0 Å². The predicted molar refractivity (Wildman–Crippen MR) is 69.1 cm³/mol. The molecule has 0 aliphatic rings. The number of nitriles is 1. The lowest BCUT2D eigenvalue weighted by molar-refractivity contribution is 1.27. The minimum atomic E-state index is 0.581. The van der Waals surface area contributed by atoms with E-state index in [0.29, 0.717) is 5.56 Å². The number of aromatic nitrogens is 1. The predicted octanol–water partition coefficient (Wildman–Crippen LogP) is 3.43. The summed E-state index contributed by atoms with van der Waals surface area (Å²) in [5.74, 6) is 0. The van der Waals surface area contributed by atoms with Crippen molar-refractivity contribution in [2.24, 2.45) is 0 Å². The van der Waals surface area contributed by atoms with Crippen LogP contribution in [0.1, 0.15) is 22.4 Å². The Bertz CT molecular complexity index is 557. The minimum Gasteiger partial charge on any atom is -0.256 e. The van der Waals surface area contributed by atoms with Gasteiger partial charge in [0, 0.05) is 6.20 Å². The van der Waals surface area contributed by atoms with E-state index >= 15 is 0 Å². The van der Waals surface area contributed by atoms with Gasteiger partial charge in [0.05, 0.1) is 11.3 Å². The molecule has 2 nitrogen and oxygen atoms in total. The van der Waals surface area contributed by atoms with E-state index < -0.39 is 0 Å². The number of hydrogen-bond donors (Lipinski definition) is 0. The highest BCUT2D eigenvalue weighted by atomic mass is 14.7. The summed E-state index contributed by atoms with van der Waals surface area (Å²) in [5.41, 5.74) is 3.82. The maximum absolute atomic E-state index is 8.65. The van der Waals surface area contributed by atoms with Crippen molar-refractivity contribution >= 4 is 12.2 Å². The fraction of sp³-hybridized carbons (Fsp3) is 0.0667. The maximum atomic E-state index is 8.65. The third kappa shape index (κ3) is 3.02. The lowest BCUT2D eigenvalue weighted by Gasteiger charge is -1.95. The second-order valence-corrected chi connectivity index (χ2v) is 3.83. The van der Waals surface area contributed by atoms with E-state index in [1.807, 2.05) is 24.3 Å². The van der Waals surface area contributed by atoms with Crippen LogP contribution in [0.5, 0.6) is 0 Å². The first-order valence-electron chi connectivity index (χ1n) is 5.39.